The highest BCUT2D eigenvalue weighted by Gasteiger charge is 2.16. The minimum absolute atomic E-state index is 0.191. The average Bonchev–Trinajstić information content (AvgIpc) is 2.27. The van der Waals surface area contributed by atoms with Crippen molar-refractivity contribution < 1.29 is 0 Å². The quantitative estimate of drug-likeness (QED) is 0.745. The fourth-order valence-corrected chi connectivity index (χ4v) is 2.01. The number of piperidine rings is 1. The Morgan fingerprint density at radius 2 is 2.13 bits per heavy atom. The van der Waals surface area contributed by atoms with Gasteiger partial charge in [0.2, 0.25) is 0 Å². The third-order valence-corrected chi connectivity index (χ3v) is 3.34. The Kier molecular flexibility index (Phi) is 5.67. The second kappa shape index (κ2) is 6.81. The first-order valence-corrected chi connectivity index (χ1v) is 6.05. The Balaban J connectivity index is 2.08. The van der Waals surface area contributed by atoms with Crippen molar-refractivity contribution >= 4 is 0 Å². The molecule has 1 N–H and O–H groups in total. The van der Waals surface area contributed by atoms with E-state index in [1.165, 1.54) is 25.9 Å². The van der Waals surface area contributed by atoms with E-state index in [0.717, 1.165) is 25.4 Å². The Morgan fingerprint density at radius 3 is 2.67 bits per heavy atom. The number of nitriles is 1. The normalized spacial score (nSPS) is 21.1. The van der Waals surface area contributed by atoms with Crippen LogP contribution in [-0.2, 0) is 0 Å². The van der Waals surface area contributed by atoms with Crippen LogP contribution >= 0.6 is 0 Å². The summed E-state index contributed by atoms with van der Waals surface area (Å²) in [5, 5.41) is 12.2. The van der Waals surface area contributed by atoms with Gasteiger partial charge < -0.3 is 10.2 Å². The zero-order chi connectivity index (χ0) is 11.1. The van der Waals surface area contributed by atoms with Crippen molar-refractivity contribution in [2.45, 2.75) is 26.2 Å². The molecule has 3 heteroatoms. The Hall–Kier alpha value is -0.590. The van der Waals surface area contributed by atoms with E-state index >= 15 is 0 Å². The minimum Gasteiger partial charge on any atom is -0.315 e. The molecule has 0 spiro atoms. The highest BCUT2D eigenvalue weighted by molar-refractivity contribution is 4.83. The molecule has 0 bridgehead atoms. The summed E-state index contributed by atoms with van der Waals surface area (Å²) in [5.41, 5.74) is 0. The molecule has 1 aliphatic heterocycles. The zero-order valence-electron chi connectivity index (χ0n) is 10.00. The summed E-state index contributed by atoms with van der Waals surface area (Å²) in [5.74, 6) is 1.01. The summed E-state index contributed by atoms with van der Waals surface area (Å²) >= 11 is 0. The summed E-state index contributed by atoms with van der Waals surface area (Å²) in [4.78, 5) is 2.39. The van der Waals surface area contributed by atoms with Crippen molar-refractivity contribution in [1.82, 2.24) is 10.2 Å². The Labute approximate surface area is 93.5 Å². The van der Waals surface area contributed by atoms with Crippen LogP contribution in [0.4, 0.5) is 0 Å². The third kappa shape index (κ3) is 4.63. The zero-order valence-corrected chi connectivity index (χ0v) is 10.00. The fraction of sp³-hybridized carbons (Fsp3) is 0.917. The average molecular weight is 209 g/mol. The lowest BCUT2D eigenvalue weighted by Crippen LogP contribution is -2.36. The van der Waals surface area contributed by atoms with E-state index in [-0.39, 0.29) is 5.92 Å². The van der Waals surface area contributed by atoms with Gasteiger partial charge in [0, 0.05) is 6.54 Å². The number of nitrogens with zero attached hydrogens (tertiary/aromatic N) is 2. The van der Waals surface area contributed by atoms with E-state index in [1.54, 1.807) is 0 Å². The molecule has 0 aromatic carbocycles. The SMILES string of the molecule is CCC(C#N)CNCC1CCN(C)CC1. The molecule has 1 aliphatic rings. The van der Waals surface area contributed by atoms with Crippen LogP contribution in [0.2, 0.25) is 0 Å². The van der Waals surface area contributed by atoms with Crippen molar-refractivity contribution in [3.05, 3.63) is 0 Å². The largest absolute Gasteiger partial charge is 0.315 e. The molecule has 1 atom stereocenters. The van der Waals surface area contributed by atoms with Gasteiger partial charge in [-0.25, -0.2) is 0 Å². The molecule has 15 heavy (non-hydrogen) atoms. The van der Waals surface area contributed by atoms with Crippen LogP contribution in [0.1, 0.15) is 26.2 Å². The monoisotopic (exact) mass is 209 g/mol. The Morgan fingerprint density at radius 1 is 1.47 bits per heavy atom. The van der Waals surface area contributed by atoms with Gasteiger partial charge in [-0.15, -0.1) is 0 Å². The van der Waals surface area contributed by atoms with E-state index in [0.29, 0.717) is 0 Å². The van der Waals surface area contributed by atoms with Gasteiger partial charge in [0.05, 0.1) is 12.0 Å². The molecule has 3 nitrogen and oxygen atoms in total. The van der Waals surface area contributed by atoms with Gasteiger partial charge in [0.15, 0.2) is 0 Å². The second-order valence-corrected chi connectivity index (χ2v) is 4.64. The predicted octanol–water partition coefficient (Wildman–Crippen LogP) is 1.47. The first-order chi connectivity index (χ1) is 7.26. The smallest absolute Gasteiger partial charge is 0.0669 e. The van der Waals surface area contributed by atoms with Gasteiger partial charge in [0.25, 0.3) is 0 Å². The van der Waals surface area contributed by atoms with Gasteiger partial charge in [-0.1, -0.05) is 6.92 Å². The molecule has 0 aromatic heterocycles. The summed E-state index contributed by atoms with van der Waals surface area (Å²) in [6.07, 6.45) is 3.55. The highest BCUT2D eigenvalue weighted by Crippen LogP contribution is 2.14. The molecule has 0 radical (unpaired) electrons. The maximum Gasteiger partial charge on any atom is 0.0669 e. The predicted molar refractivity (Wildman–Crippen MR) is 62.5 cm³/mol. The Bertz CT molecular complexity index is 201. The number of hydrogen-bond acceptors (Lipinski definition) is 3. The molecule has 0 saturated carbocycles. The van der Waals surface area contributed by atoms with Crippen LogP contribution in [0.25, 0.3) is 0 Å². The first-order valence-electron chi connectivity index (χ1n) is 6.05. The molecule has 0 amide bonds. The van der Waals surface area contributed by atoms with Crippen molar-refractivity contribution in [1.29, 1.82) is 5.26 Å². The highest BCUT2D eigenvalue weighted by atomic mass is 15.1. The maximum absolute atomic E-state index is 8.80. The van der Waals surface area contributed by atoms with E-state index in [1.807, 2.05) is 0 Å². The summed E-state index contributed by atoms with van der Waals surface area (Å²) in [6.45, 7) is 6.47. The lowest BCUT2D eigenvalue weighted by Gasteiger charge is -2.29. The van der Waals surface area contributed by atoms with Crippen molar-refractivity contribution in [3.63, 3.8) is 0 Å². The molecular weight excluding hydrogens is 186 g/mol. The van der Waals surface area contributed by atoms with Gasteiger partial charge in [-0.2, -0.15) is 5.26 Å². The third-order valence-electron chi connectivity index (χ3n) is 3.34. The van der Waals surface area contributed by atoms with E-state index < -0.39 is 0 Å². The molecule has 1 rings (SSSR count). The lowest BCUT2D eigenvalue weighted by atomic mass is 9.97. The summed E-state index contributed by atoms with van der Waals surface area (Å²) in [6, 6.07) is 2.33. The molecule has 86 valence electrons. The second-order valence-electron chi connectivity index (χ2n) is 4.64. The number of hydrogen-bond donors (Lipinski definition) is 1. The number of likely N-dealkylation sites (tertiary alicyclic amines) is 1. The van der Waals surface area contributed by atoms with Crippen molar-refractivity contribution in [2.75, 3.05) is 33.2 Å². The van der Waals surface area contributed by atoms with Crippen LogP contribution in [0.3, 0.4) is 0 Å². The standard InChI is InChI=1S/C12H23N3/c1-3-11(8-13)9-14-10-12-4-6-15(2)7-5-12/h11-12,14H,3-7,9-10H2,1-2H3. The van der Waals surface area contributed by atoms with E-state index in [4.69, 9.17) is 5.26 Å². The molecule has 0 aliphatic carbocycles. The van der Waals surface area contributed by atoms with Gasteiger partial charge in [0.1, 0.15) is 0 Å². The van der Waals surface area contributed by atoms with Crippen LogP contribution in [0, 0.1) is 23.2 Å². The van der Waals surface area contributed by atoms with Gasteiger partial charge >= 0.3 is 0 Å². The minimum atomic E-state index is 0.191. The molecule has 1 fully saturated rings. The van der Waals surface area contributed by atoms with Crippen LogP contribution < -0.4 is 5.32 Å². The van der Waals surface area contributed by atoms with Crippen LogP contribution in [-0.4, -0.2) is 38.1 Å². The number of nitrogens with one attached hydrogen (secondary N) is 1. The van der Waals surface area contributed by atoms with Crippen molar-refractivity contribution in [2.24, 2.45) is 11.8 Å². The van der Waals surface area contributed by atoms with Gasteiger partial charge in [-0.3, -0.25) is 0 Å². The molecule has 1 heterocycles. The lowest BCUT2D eigenvalue weighted by molar-refractivity contribution is 0.215. The van der Waals surface area contributed by atoms with Crippen LogP contribution in [0.15, 0.2) is 0 Å². The summed E-state index contributed by atoms with van der Waals surface area (Å²) < 4.78 is 0. The van der Waals surface area contributed by atoms with E-state index in [2.05, 4.69) is 30.3 Å². The maximum atomic E-state index is 8.80. The van der Waals surface area contributed by atoms with E-state index in [9.17, 15) is 0 Å². The van der Waals surface area contributed by atoms with Crippen LogP contribution in [0.5, 0.6) is 0 Å². The topological polar surface area (TPSA) is 39.1 Å². The van der Waals surface area contributed by atoms with Gasteiger partial charge in [-0.05, 0) is 51.9 Å². The fourth-order valence-electron chi connectivity index (χ4n) is 2.01. The summed E-state index contributed by atoms with van der Waals surface area (Å²) in [7, 11) is 2.19. The van der Waals surface area contributed by atoms with Crippen molar-refractivity contribution in [3.8, 4) is 6.07 Å². The number of rotatable bonds is 5. The molecule has 1 saturated heterocycles. The molecule has 0 aromatic rings. The first kappa shape index (κ1) is 12.5. The molecular formula is C12H23N3. The molecule has 1 unspecified atom stereocenters.